The molecule has 1 fully saturated rings. The molecule has 0 unspecified atom stereocenters. The standard InChI is InChI=1S/C15H31NO/c1-3-5-12-16(13-6-4-2)14-15(17)10-8-7-9-11-15/h17H,3-14H2,1-2H3. The molecule has 0 aromatic rings. The van der Waals surface area contributed by atoms with Gasteiger partial charge in [0.25, 0.3) is 0 Å². The molecular formula is C15H31NO. The quantitative estimate of drug-likeness (QED) is 0.702. The van der Waals surface area contributed by atoms with Crippen LogP contribution in [0, 0.1) is 0 Å². The molecule has 0 saturated heterocycles. The second-order valence-electron chi connectivity index (χ2n) is 5.77. The van der Waals surface area contributed by atoms with E-state index in [1.807, 2.05) is 0 Å². The first kappa shape index (κ1) is 15.0. The Bertz CT molecular complexity index is 179. The second-order valence-corrected chi connectivity index (χ2v) is 5.77. The summed E-state index contributed by atoms with van der Waals surface area (Å²) < 4.78 is 0. The number of hydrogen-bond donors (Lipinski definition) is 1. The zero-order valence-electron chi connectivity index (χ0n) is 11.9. The van der Waals surface area contributed by atoms with Gasteiger partial charge in [-0.05, 0) is 38.8 Å². The van der Waals surface area contributed by atoms with E-state index in [2.05, 4.69) is 18.7 Å². The van der Waals surface area contributed by atoms with Crippen molar-refractivity contribution in [1.82, 2.24) is 4.90 Å². The minimum atomic E-state index is -0.375. The van der Waals surface area contributed by atoms with Crippen LogP contribution >= 0.6 is 0 Å². The van der Waals surface area contributed by atoms with Gasteiger partial charge in [-0.1, -0.05) is 46.0 Å². The minimum Gasteiger partial charge on any atom is -0.389 e. The highest BCUT2D eigenvalue weighted by atomic mass is 16.3. The molecule has 0 aromatic carbocycles. The van der Waals surface area contributed by atoms with Crippen LogP contribution in [0.15, 0.2) is 0 Å². The monoisotopic (exact) mass is 241 g/mol. The summed E-state index contributed by atoms with van der Waals surface area (Å²) in [5.41, 5.74) is -0.375. The van der Waals surface area contributed by atoms with Crippen LogP contribution in [0.3, 0.4) is 0 Å². The van der Waals surface area contributed by atoms with Gasteiger partial charge in [-0.2, -0.15) is 0 Å². The van der Waals surface area contributed by atoms with Crippen LogP contribution in [0.1, 0.15) is 71.6 Å². The maximum atomic E-state index is 10.6. The molecule has 1 aliphatic carbocycles. The molecule has 2 heteroatoms. The predicted molar refractivity (Wildman–Crippen MR) is 74.3 cm³/mol. The van der Waals surface area contributed by atoms with Crippen LogP contribution in [-0.4, -0.2) is 35.2 Å². The number of unbranched alkanes of at least 4 members (excludes halogenated alkanes) is 2. The predicted octanol–water partition coefficient (Wildman–Crippen LogP) is 3.58. The van der Waals surface area contributed by atoms with Crippen molar-refractivity contribution in [1.29, 1.82) is 0 Å². The number of rotatable bonds is 8. The van der Waals surface area contributed by atoms with Crippen LogP contribution in [0.4, 0.5) is 0 Å². The third kappa shape index (κ3) is 5.87. The van der Waals surface area contributed by atoms with E-state index in [1.54, 1.807) is 0 Å². The summed E-state index contributed by atoms with van der Waals surface area (Å²) in [5.74, 6) is 0. The Balaban J connectivity index is 2.38. The number of hydrogen-bond acceptors (Lipinski definition) is 2. The van der Waals surface area contributed by atoms with E-state index >= 15 is 0 Å². The topological polar surface area (TPSA) is 23.5 Å². The molecular weight excluding hydrogens is 210 g/mol. The van der Waals surface area contributed by atoms with Crippen LogP contribution in [0.2, 0.25) is 0 Å². The van der Waals surface area contributed by atoms with Crippen molar-refractivity contribution < 1.29 is 5.11 Å². The Morgan fingerprint density at radius 2 is 1.47 bits per heavy atom. The number of nitrogens with zero attached hydrogens (tertiary/aromatic N) is 1. The molecule has 0 amide bonds. The molecule has 1 saturated carbocycles. The Morgan fingerprint density at radius 1 is 0.941 bits per heavy atom. The van der Waals surface area contributed by atoms with Crippen molar-refractivity contribution in [3.8, 4) is 0 Å². The minimum absolute atomic E-state index is 0.375. The van der Waals surface area contributed by atoms with Crippen LogP contribution < -0.4 is 0 Å². The lowest BCUT2D eigenvalue weighted by molar-refractivity contribution is -0.0267. The average molecular weight is 241 g/mol. The molecule has 0 spiro atoms. The fraction of sp³-hybridized carbons (Fsp3) is 1.00. The van der Waals surface area contributed by atoms with Crippen molar-refractivity contribution >= 4 is 0 Å². The molecule has 1 N–H and O–H groups in total. The summed E-state index contributed by atoms with van der Waals surface area (Å²) in [6, 6.07) is 0. The van der Waals surface area contributed by atoms with Gasteiger partial charge in [0.1, 0.15) is 0 Å². The average Bonchev–Trinajstić information content (AvgIpc) is 2.33. The fourth-order valence-corrected chi connectivity index (χ4v) is 2.82. The molecule has 0 radical (unpaired) electrons. The molecule has 1 aliphatic rings. The normalized spacial score (nSPS) is 19.8. The first-order valence-corrected chi connectivity index (χ1v) is 7.65. The number of aliphatic hydroxyl groups is 1. The lowest BCUT2D eigenvalue weighted by atomic mass is 9.84. The summed E-state index contributed by atoms with van der Waals surface area (Å²) in [5, 5.41) is 10.6. The Morgan fingerprint density at radius 3 is 1.94 bits per heavy atom. The van der Waals surface area contributed by atoms with Crippen molar-refractivity contribution in [3.05, 3.63) is 0 Å². The fourth-order valence-electron chi connectivity index (χ4n) is 2.82. The van der Waals surface area contributed by atoms with Crippen LogP contribution in [0.5, 0.6) is 0 Å². The zero-order chi connectivity index (χ0) is 12.6. The molecule has 0 aliphatic heterocycles. The molecule has 0 aromatic heterocycles. The summed E-state index contributed by atoms with van der Waals surface area (Å²) in [4.78, 5) is 2.50. The lowest BCUT2D eigenvalue weighted by Crippen LogP contribution is -2.45. The zero-order valence-corrected chi connectivity index (χ0v) is 11.9. The van der Waals surface area contributed by atoms with Gasteiger partial charge in [-0.15, -0.1) is 0 Å². The third-order valence-corrected chi connectivity index (χ3v) is 3.96. The van der Waals surface area contributed by atoms with Gasteiger partial charge in [-0.3, -0.25) is 0 Å². The highest BCUT2D eigenvalue weighted by molar-refractivity contribution is 4.85. The molecule has 17 heavy (non-hydrogen) atoms. The van der Waals surface area contributed by atoms with Gasteiger partial charge in [-0.25, -0.2) is 0 Å². The maximum Gasteiger partial charge on any atom is 0.0774 e. The van der Waals surface area contributed by atoms with Gasteiger partial charge in [0, 0.05) is 6.54 Å². The van der Waals surface area contributed by atoms with E-state index in [0.29, 0.717) is 0 Å². The Hall–Kier alpha value is -0.0800. The van der Waals surface area contributed by atoms with E-state index in [9.17, 15) is 5.11 Å². The molecule has 0 heterocycles. The molecule has 102 valence electrons. The van der Waals surface area contributed by atoms with Gasteiger partial charge in [0.2, 0.25) is 0 Å². The molecule has 2 nitrogen and oxygen atoms in total. The smallest absolute Gasteiger partial charge is 0.0774 e. The molecule has 0 bridgehead atoms. The van der Waals surface area contributed by atoms with Gasteiger partial charge < -0.3 is 10.0 Å². The summed E-state index contributed by atoms with van der Waals surface area (Å²) in [6.45, 7) is 7.73. The van der Waals surface area contributed by atoms with E-state index < -0.39 is 0 Å². The van der Waals surface area contributed by atoms with Gasteiger partial charge >= 0.3 is 0 Å². The van der Waals surface area contributed by atoms with Crippen LogP contribution in [0.25, 0.3) is 0 Å². The van der Waals surface area contributed by atoms with Crippen molar-refractivity contribution in [3.63, 3.8) is 0 Å². The van der Waals surface area contributed by atoms with E-state index in [1.165, 1.54) is 58.0 Å². The lowest BCUT2D eigenvalue weighted by Gasteiger charge is -2.37. The first-order chi connectivity index (χ1) is 8.20. The van der Waals surface area contributed by atoms with Gasteiger partial charge in [0.15, 0.2) is 0 Å². The van der Waals surface area contributed by atoms with Crippen molar-refractivity contribution in [2.45, 2.75) is 77.2 Å². The van der Waals surface area contributed by atoms with E-state index in [4.69, 9.17) is 0 Å². The summed E-state index contributed by atoms with van der Waals surface area (Å²) in [7, 11) is 0. The van der Waals surface area contributed by atoms with Crippen molar-refractivity contribution in [2.75, 3.05) is 19.6 Å². The molecule has 1 rings (SSSR count). The largest absolute Gasteiger partial charge is 0.389 e. The highest BCUT2D eigenvalue weighted by Crippen LogP contribution is 2.28. The highest BCUT2D eigenvalue weighted by Gasteiger charge is 2.30. The summed E-state index contributed by atoms with van der Waals surface area (Å²) >= 11 is 0. The first-order valence-electron chi connectivity index (χ1n) is 7.65. The maximum absolute atomic E-state index is 10.6. The van der Waals surface area contributed by atoms with Crippen LogP contribution in [-0.2, 0) is 0 Å². The third-order valence-electron chi connectivity index (χ3n) is 3.96. The summed E-state index contributed by atoms with van der Waals surface area (Å²) in [6.07, 6.45) is 10.8. The Kier molecular flexibility index (Phi) is 7.14. The van der Waals surface area contributed by atoms with Gasteiger partial charge in [0.05, 0.1) is 5.60 Å². The van der Waals surface area contributed by atoms with E-state index in [0.717, 1.165) is 19.4 Å². The second kappa shape index (κ2) is 8.10. The van der Waals surface area contributed by atoms with E-state index in [-0.39, 0.29) is 5.60 Å². The van der Waals surface area contributed by atoms with Crippen molar-refractivity contribution in [2.24, 2.45) is 0 Å². The SMILES string of the molecule is CCCCN(CCCC)CC1(O)CCCCC1. The Labute approximate surface area is 107 Å². The molecule has 0 atom stereocenters.